The second-order valence-corrected chi connectivity index (χ2v) is 4.16. The Kier molecular flexibility index (Phi) is 4.63. The second-order valence-electron chi connectivity index (χ2n) is 4.16. The fourth-order valence-electron chi connectivity index (χ4n) is 1.89. The molecule has 0 bridgehead atoms. The first-order valence-corrected chi connectivity index (χ1v) is 6.24. The van der Waals surface area contributed by atoms with E-state index < -0.39 is 0 Å². The van der Waals surface area contributed by atoms with Gasteiger partial charge in [-0.25, -0.2) is 9.37 Å². The summed E-state index contributed by atoms with van der Waals surface area (Å²) in [7, 11) is 1.54. The Balaban J connectivity index is 2.30. The van der Waals surface area contributed by atoms with Crippen LogP contribution in [0.4, 0.5) is 4.39 Å². The van der Waals surface area contributed by atoms with E-state index in [1.54, 1.807) is 12.1 Å². The molecule has 2 aromatic heterocycles. The third-order valence-electron chi connectivity index (χ3n) is 2.85. The van der Waals surface area contributed by atoms with Crippen LogP contribution < -0.4 is 10.1 Å². The van der Waals surface area contributed by atoms with Crippen LogP contribution in [0.2, 0.25) is 0 Å². The lowest BCUT2D eigenvalue weighted by Gasteiger charge is -2.08. The topological polar surface area (TPSA) is 47.0 Å². The predicted molar refractivity (Wildman–Crippen MR) is 72.6 cm³/mol. The van der Waals surface area contributed by atoms with Gasteiger partial charge in [-0.3, -0.25) is 4.98 Å². The van der Waals surface area contributed by atoms with Crippen LogP contribution in [0.3, 0.4) is 0 Å². The molecule has 0 saturated heterocycles. The van der Waals surface area contributed by atoms with E-state index >= 15 is 0 Å². The van der Waals surface area contributed by atoms with Crippen molar-refractivity contribution in [2.24, 2.45) is 0 Å². The van der Waals surface area contributed by atoms with Gasteiger partial charge >= 0.3 is 0 Å². The van der Waals surface area contributed by atoms with Gasteiger partial charge in [0.2, 0.25) is 5.88 Å². The van der Waals surface area contributed by atoms with Gasteiger partial charge in [-0.05, 0) is 32.0 Å². The summed E-state index contributed by atoms with van der Waals surface area (Å²) < 4.78 is 19.0. The zero-order valence-electron chi connectivity index (χ0n) is 10.9. The standard InChI is InChI=1S/C14H17FN3O/c1-3-7-16-8-6-10-11(15)9-17-12-4-5-13(19-2)18-14(10)12/h4-5,9,16H,1,3,6-8H2,2H3. The van der Waals surface area contributed by atoms with E-state index in [9.17, 15) is 4.39 Å². The summed E-state index contributed by atoms with van der Waals surface area (Å²) in [4.78, 5) is 8.33. The zero-order valence-corrected chi connectivity index (χ0v) is 10.9. The highest BCUT2D eigenvalue weighted by Crippen LogP contribution is 2.21. The maximum absolute atomic E-state index is 13.9. The molecule has 0 fully saturated rings. The summed E-state index contributed by atoms with van der Waals surface area (Å²) in [6, 6.07) is 3.51. The third-order valence-corrected chi connectivity index (χ3v) is 2.85. The van der Waals surface area contributed by atoms with E-state index in [0.717, 1.165) is 13.0 Å². The van der Waals surface area contributed by atoms with Crippen molar-refractivity contribution in [3.8, 4) is 5.88 Å². The lowest BCUT2D eigenvalue weighted by molar-refractivity contribution is 0.399. The van der Waals surface area contributed by atoms with Gasteiger partial charge in [-0.1, -0.05) is 6.92 Å². The number of fused-ring (bicyclic) bond motifs is 1. The van der Waals surface area contributed by atoms with Crippen LogP contribution in [0.5, 0.6) is 5.88 Å². The minimum atomic E-state index is -0.329. The van der Waals surface area contributed by atoms with Crippen LogP contribution in [-0.4, -0.2) is 30.2 Å². The zero-order chi connectivity index (χ0) is 13.7. The molecule has 0 aliphatic rings. The van der Waals surface area contributed by atoms with E-state index in [-0.39, 0.29) is 5.82 Å². The number of hydrogen-bond donors (Lipinski definition) is 1. The summed E-state index contributed by atoms with van der Waals surface area (Å²) in [5, 5.41) is 3.20. The average molecular weight is 262 g/mol. The first-order chi connectivity index (χ1) is 9.26. The fourth-order valence-corrected chi connectivity index (χ4v) is 1.89. The number of nitrogens with zero attached hydrogens (tertiary/aromatic N) is 2. The fraction of sp³-hybridized carbons (Fsp3) is 0.357. The summed E-state index contributed by atoms with van der Waals surface area (Å²) in [6.07, 6.45) is 2.61. The summed E-state index contributed by atoms with van der Waals surface area (Å²) in [5.74, 6) is 0.136. The highest BCUT2D eigenvalue weighted by Gasteiger charge is 2.11. The van der Waals surface area contributed by atoms with Crippen LogP contribution in [0.15, 0.2) is 18.3 Å². The second kappa shape index (κ2) is 6.43. The summed E-state index contributed by atoms with van der Waals surface area (Å²) in [6.45, 7) is 5.25. The minimum Gasteiger partial charge on any atom is -0.481 e. The van der Waals surface area contributed by atoms with E-state index in [1.807, 2.05) is 0 Å². The van der Waals surface area contributed by atoms with Crippen LogP contribution in [-0.2, 0) is 6.42 Å². The quantitative estimate of drug-likeness (QED) is 0.810. The molecular formula is C14H17FN3O. The Labute approximate surface area is 112 Å². The van der Waals surface area contributed by atoms with Gasteiger partial charge < -0.3 is 10.1 Å². The molecule has 2 heterocycles. The number of ether oxygens (including phenoxy) is 1. The van der Waals surface area contributed by atoms with Gasteiger partial charge in [-0.2, -0.15) is 0 Å². The molecule has 0 aliphatic heterocycles. The SMILES string of the molecule is [CH2]CCNCCc1c(F)cnc2ccc(OC)nc12. The Bertz CT molecular complexity index is 560. The molecule has 0 spiro atoms. The van der Waals surface area contributed by atoms with Gasteiger partial charge in [0.15, 0.2) is 0 Å². The highest BCUT2D eigenvalue weighted by atomic mass is 19.1. The number of nitrogens with one attached hydrogen (secondary N) is 1. The van der Waals surface area contributed by atoms with Gasteiger partial charge in [0.25, 0.3) is 0 Å². The van der Waals surface area contributed by atoms with Gasteiger partial charge in [0.05, 0.1) is 24.3 Å². The molecule has 2 aromatic rings. The lowest BCUT2D eigenvalue weighted by atomic mass is 10.1. The van der Waals surface area contributed by atoms with Crippen LogP contribution in [0.1, 0.15) is 12.0 Å². The number of hydrogen-bond acceptors (Lipinski definition) is 4. The molecule has 0 unspecified atom stereocenters. The van der Waals surface area contributed by atoms with Crippen molar-refractivity contribution in [1.29, 1.82) is 0 Å². The Morgan fingerprint density at radius 3 is 2.95 bits per heavy atom. The smallest absolute Gasteiger partial charge is 0.213 e. The number of halogens is 1. The van der Waals surface area contributed by atoms with E-state index in [0.29, 0.717) is 35.4 Å². The van der Waals surface area contributed by atoms with Crippen LogP contribution in [0.25, 0.3) is 11.0 Å². The molecule has 4 nitrogen and oxygen atoms in total. The normalized spacial score (nSPS) is 10.9. The van der Waals surface area contributed by atoms with E-state index in [4.69, 9.17) is 4.74 Å². The van der Waals surface area contributed by atoms with E-state index in [1.165, 1.54) is 13.3 Å². The minimum absolute atomic E-state index is 0.329. The maximum atomic E-state index is 13.9. The van der Waals surface area contributed by atoms with Gasteiger partial charge in [0, 0.05) is 11.6 Å². The van der Waals surface area contributed by atoms with E-state index in [2.05, 4.69) is 22.2 Å². The van der Waals surface area contributed by atoms with Crippen molar-refractivity contribution in [2.45, 2.75) is 12.8 Å². The molecule has 0 saturated carbocycles. The molecule has 0 amide bonds. The molecular weight excluding hydrogens is 245 g/mol. The maximum Gasteiger partial charge on any atom is 0.213 e. The number of rotatable bonds is 6. The lowest BCUT2D eigenvalue weighted by Crippen LogP contribution is -2.18. The molecule has 101 valence electrons. The average Bonchev–Trinajstić information content (AvgIpc) is 2.44. The molecule has 0 atom stereocenters. The molecule has 0 aliphatic carbocycles. The van der Waals surface area contributed by atoms with Gasteiger partial charge in [0.1, 0.15) is 5.82 Å². The molecule has 1 N–H and O–H groups in total. The third kappa shape index (κ3) is 3.17. The van der Waals surface area contributed by atoms with Crippen molar-refractivity contribution in [2.75, 3.05) is 20.2 Å². The summed E-state index contributed by atoms with van der Waals surface area (Å²) >= 11 is 0. The van der Waals surface area contributed by atoms with Gasteiger partial charge in [-0.15, -0.1) is 0 Å². The van der Waals surface area contributed by atoms with Crippen molar-refractivity contribution in [1.82, 2.24) is 15.3 Å². The Hall–Kier alpha value is -1.75. The van der Waals surface area contributed by atoms with Crippen molar-refractivity contribution < 1.29 is 9.13 Å². The van der Waals surface area contributed by atoms with Crippen molar-refractivity contribution >= 4 is 11.0 Å². The Morgan fingerprint density at radius 1 is 1.37 bits per heavy atom. The summed E-state index contributed by atoms with van der Waals surface area (Å²) in [5.41, 5.74) is 1.81. The molecule has 2 rings (SSSR count). The van der Waals surface area contributed by atoms with Crippen molar-refractivity contribution in [3.63, 3.8) is 0 Å². The molecule has 1 radical (unpaired) electrons. The molecule has 19 heavy (non-hydrogen) atoms. The molecule has 5 heteroatoms. The number of methoxy groups -OCH3 is 1. The first-order valence-electron chi connectivity index (χ1n) is 6.24. The largest absolute Gasteiger partial charge is 0.481 e. The molecule has 0 aromatic carbocycles. The Morgan fingerprint density at radius 2 is 2.21 bits per heavy atom. The highest BCUT2D eigenvalue weighted by molar-refractivity contribution is 5.78. The van der Waals surface area contributed by atoms with Crippen LogP contribution in [0, 0.1) is 12.7 Å². The predicted octanol–water partition coefficient (Wildman–Crippen LogP) is 2.13. The first kappa shape index (κ1) is 13.7. The van der Waals surface area contributed by atoms with Crippen LogP contribution >= 0.6 is 0 Å². The number of aromatic nitrogens is 2. The van der Waals surface area contributed by atoms with Crippen molar-refractivity contribution in [3.05, 3.63) is 36.6 Å². The number of pyridine rings is 2. The monoisotopic (exact) mass is 262 g/mol.